The van der Waals surface area contributed by atoms with E-state index in [0.29, 0.717) is 12.0 Å². The number of hydrogen-bond donors (Lipinski definition) is 2. The zero-order valence-electron chi connectivity index (χ0n) is 16.8. The SMILES string of the molecule is CCCCCCCCS(=O)(=O)Nc1ccc(/C=C/c2ccccc2)cc1C(=O)O. The molecule has 0 saturated heterocycles. The molecule has 6 heteroatoms. The molecule has 0 saturated carbocycles. The first kappa shape index (κ1) is 22.7. The molecule has 0 radical (unpaired) electrons. The largest absolute Gasteiger partial charge is 0.478 e. The maximum absolute atomic E-state index is 12.3. The number of nitrogens with one attached hydrogen (secondary N) is 1. The van der Waals surface area contributed by atoms with E-state index in [1.807, 2.05) is 36.4 Å². The first-order valence-corrected chi connectivity index (χ1v) is 11.7. The lowest BCUT2D eigenvalue weighted by atomic mass is 10.1. The Morgan fingerprint density at radius 1 is 0.931 bits per heavy atom. The number of carbonyl (C=O) groups is 1. The summed E-state index contributed by atoms with van der Waals surface area (Å²) in [6, 6.07) is 14.3. The van der Waals surface area contributed by atoms with Crippen molar-refractivity contribution in [1.29, 1.82) is 0 Å². The summed E-state index contributed by atoms with van der Waals surface area (Å²) in [6.07, 6.45) is 9.55. The van der Waals surface area contributed by atoms with Crippen LogP contribution >= 0.6 is 0 Å². The molecule has 0 aliphatic heterocycles. The lowest BCUT2D eigenvalue weighted by Gasteiger charge is -2.11. The molecule has 0 aromatic heterocycles. The molecule has 0 amide bonds. The van der Waals surface area contributed by atoms with E-state index < -0.39 is 16.0 Å². The van der Waals surface area contributed by atoms with Gasteiger partial charge in [-0.15, -0.1) is 0 Å². The molecule has 0 bridgehead atoms. The van der Waals surface area contributed by atoms with Gasteiger partial charge in [-0.3, -0.25) is 4.72 Å². The van der Waals surface area contributed by atoms with Crippen LogP contribution in [0.1, 0.15) is 66.9 Å². The predicted octanol–water partition coefficient (Wildman–Crippen LogP) is 5.66. The highest BCUT2D eigenvalue weighted by molar-refractivity contribution is 7.92. The normalized spacial score (nSPS) is 11.6. The average molecular weight is 416 g/mol. The van der Waals surface area contributed by atoms with E-state index >= 15 is 0 Å². The van der Waals surface area contributed by atoms with Crippen LogP contribution in [0.5, 0.6) is 0 Å². The fraction of sp³-hybridized carbons (Fsp3) is 0.348. The lowest BCUT2D eigenvalue weighted by molar-refractivity contribution is 0.0698. The Morgan fingerprint density at radius 2 is 1.59 bits per heavy atom. The van der Waals surface area contributed by atoms with Crippen molar-refractivity contribution in [3.8, 4) is 0 Å². The van der Waals surface area contributed by atoms with Crippen LogP contribution in [-0.4, -0.2) is 25.2 Å². The van der Waals surface area contributed by atoms with E-state index in [4.69, 9.17) is 0 Å². The summed E-state index contributed by atoms with van der Waals surface area (Å²) in [6.45, 7) is 2.14. The van der Waals surface area contributed by atoms with Gasteiger partial charge in [-0.25, -0.2) is 13.2 Å². The number of sulfonamides is 1. The van der Waals surface area contributed by atoms with Gasteiger partial charge in [0.2, 0.25) is 10.0 Å². The molecule has 0 unspecified atom stereocenters. The van der Waals surface area contributed by atoms with E-state index in [9.17, 15) is 18.3 Å². The Kier molecular flexibility index (Phi) is 8.93. The molecule has 156 valence electrons. The first-order valence-electron chi connectivity index (χ1n) is 10.0. The quantitative estimate of drug-likeness (QED) is 0.346. The third-order valence-electron chi connectivity index (χ3n) is 4.57. The van der Waals surface area contributed by atoms with Crippen molar-refractivity contribution in [1.82, 2.24) is 0 Å². The van der Waals surface area contributed by atoms with Crippen molar-refractivity contribution in [3.63, 3.8) is 0 Å². The minimum absolute atomic E-state index is 0.00611. The van der Waals surface area contributed by atoms with Crippen LogP contribution in [-0.2, 0) is 10.0 Å². The van der Waals surface area contributed by atoms with Gasteiger partial charge in [-0.05, 0) is 29.7 Å². The molecule has 0 aliphatic rings. The Morgan fingerprint density at radius 3 is 2.28 bits per heavy atom. The van der Waals surface area contributed by atoms with Crippen molar-refractivity contribution >= 4 is 33.8 Å². The molecule has 2 rings (SSSR count). The number of rotatable bonds is 12. The molecule has 2 aromatic rings. The lowest BCUT2D eigenvalue weighted by Crippen LogP contribution is -2.18. The first-order chi connectivity index (χ1) is 13.9. The van der Waals surface area contributed by atoms with Crippen LogP contribution in [0, 0.1) is 0 Å². The fourth-order valence-electron chi connectivity index (χ4n) is 2.98. The van der Waals surface area contributed by atoms with Crippen LogP contribution < -0.4 is 4.72 Å². The summed E-state index contributed by atoms with van der Waals surface area (Å²) in [5, 5.41) is 9.51. The second-order valence-corrected chi connectivity index (χ2v) is 8.88. The molecule has 2 aromatic carbocycles. The molecular weight excluding hydrogens is 386 g/mol. The van der Waals surface area contributed by atoms with Gasteiger partial charge in [-0.1, -0.05) is 87.6 Å². The van der Waals surface area contributed by atoms with Gasteiger partial charge in [0.15, 0.2) is 0 Å². The molecule has 0 aliphatic carbocycles. The number of hydrogen-bond acceptors (Lipinski definition) is 3. The zero-order valence-corrected chi connectivity index (χ0v) is 17.6. The van der Waals surface area contributed by atoms with Gasteiger partial charge in [0.1, 0.15) is 0 Å². The van der Waals surface area contributed by atoms with Crippen LogP contribution in [0.25, 0.3) is 12.2 Å². The van der Waals surface area contributed by atoms with E-state index in [-0.39, 0.29) is 17.0 Å². The number of carboxylic acid groups (broad SMARTS) is 1. The Bertz CT molecular complexity index is 921. The summed E-state index contributed by atoms with van der Waals surface area (Å²) < 4.78 is 27.1. The van der Waals surface area contributed by atoms with Crippen molar-refractivity contribution < 1.29 is 18.3 Å². The molecule has 0 heterocycles. The highest BCUT2D eigenvalue weighted by Crippen LogP contribution is 2.21. The summed E-state index contributed by atoms with van der Waals surface area (Å²) in [7, 11) is -3.58. The molecule has 0 fully saturated rings. The minimum atomic E-state index is -3.58. The molecular formula is C23H29NO4S. The zero-order chi connectivity index (χ0) is 21.1. The van der Waals surface area contributed by atoms with Gasteiger partial charge < -0.3 is 5.11 Å². The van der Waals surface area contributed by atoms with Crippen molar-refractivity contribution in [2.75, 3.05) is 10.5 Å². The van der Waals surface area contributed by atoms with Crippen LogP contribution in [0.4, 0.5) is 5.69 Å². The number of carboxylic acids is 1. The van der Waals surface area contributed by atoms with Crippen molar-refractivity contribution in [2.24, 2.45) is 0 Å². The van der Waals surface area contributed by atoms with E-state index in [1.165, 1.54) is 12.1 Å². The summed E-state index contributed by atoms with van der Waals surface area (Å²) >= 11 is 0. The minimum Gasteiger partial charge on any atom is -0.478 e. The number of benzene rings is 2. The van der Waals surface area contributed by atoms with E-state index in [2.05, 4.69) is 11.6 Å². The smallest absolute Gasteiger partial charge is 0.337 e. The molecule has 2 N–H and O–H groups in total. The Hall–Kier alpha value is -2.60. The van der Waals surface area contributed by atoms with E-state index in [0.717, 1.165) is 37.7 Å². The average Bonchev–Trinajstić information content (AvgIpc) is 2.70. The second-order valence-electron chi connectivity index (χ2n) is 7.04. The van der Waals surface area contributed by atoms with Crippen LogP contribution in [0.15, 0.2) is 48.5 Å². The van der Waals surface area contributed by atoms with Gasteiger partial charge in [0.05, 0.1) is 17.0 Å². The standard InChI is InChI=1S/C23H29NO4S/c1-2-3-4-5-6-10-17-29(27,28)24-22-16-15-20(18-21(22)23(25)26)14-13-19-11-8-7-9-12-19/h7-9,11-16,18,24H,2-6,10,17H2,1H3,(H,25,26)/b14-13+. The molecule has 5 nitrogen and oxygen atoms in total. The summed E-state index contributed by atoms with van der Waals surface area (Å²) in [4.78, 5) is 11.6. The van der Waals surface area contributed by atoms with Gasteiger partial charge in [-0.2, -0.15) is 0 Å². The maximum atomic E-state index is 12.3. The maximum Gasteiger partial charge on any atom is 0.337 e. The van der Waals surface area contributed by atoms with Crippen LogP contribution in [0.2, 0.25) is 0 Å². The van der Waals surface area contributed by atoms with Crippen molar-refractivity contribution in [3.05, 3.63) is 65.2 Å². The van der Waals surface area contributed by atoms with Gasteiger partial charge in [0, 0.05) is 0 Å². The summed E-state index contributed by atoms with van der Waals surface area (Å²) in [5.74, 6) is -1.18. The number of unbranched alkanes of at least 4 members (excludes halogenated alkanes) is 5. The molecule has 0 spiro atoms. The Labute approximate surface area is 173 Å². The van der Waals surface area contributed by atoms with Crippen molar-refractivity contribution in [2.45, 2.75) is 45.4 Å². The van der Waals surface area contributed by atoms with Gasteiger partial charge in [0.25, 0.3) is 0 Å². The second kappa shape index (κ2) is 11.4. The predicted molar refractivity (Wildman–Crippen MR) is 120 cm³/mol. The fourth-order valence-corrected chi connectivity index (χ4v) is 4.18. The molecule has 29 heavy (non-hydrogen) atoms. The summed E-state index contributed by atoms with van der Waals surface area (Å²) in [5.41, 5.74) is 1.71. The highest BCUT2D eigenvalue weighted by Gasteiger charge is 2.16. The highest BCUT2D eigenvalue weighted by atomic mass is 32.2. The topological polar surface area (TPSA) is 83.5 Å². The number of anilines is 1. The number of aromatic carboxylic acids is 1. The monoisotopic (exact) mass is 415 g/mol. The van der Waals surface area contributed by atoms with E-state index in [1.54, 1.807) is 12.1 Å². The third-order valence-corrected chi connectivity index (χ3v) is 5.93. The molecule has 0 atom stereocenters. The van der Waals surface area contributed by atoms with Gasteiger partial charge >= 0.3 is 5.97 Å². The Balaban J connectivity index is 2.04. The van der Waals surface area contributed by atoms with Crippen LogP contribution in [0.3, 0.4) is 0 Å². The third kappa shape index (κ3) is 8.11.